The van der Waals surface area contributed by atoms with Crippen LogP contribution in [0.3, 0.4) is 0 Å². The molecule has 0 radical (unpaired) electrons. The van der Waals surface area contributed by atoms with Gasteiger partial charge in [0.25, 0.3) is 5.91 Å². The third-order valence-electron chi connectivity index (χ3n) is 6.04. The van der Waals surface area contributed by atoms with E-state index < -0.39 is 29.9 Å². The van der Waals surface area contributed by atoms with Crippen LogP contribution in [0.4, 0.5) is 4.79 Å². The average molecular weight is 474 g/mol. The molecule has 2 N–H and O–H groups in total. The number of hydrogen-bond acceptors (Lipinski definition) is 5. The maximum Gasteiger partial charge on any atom is 0.325 e. The van der Waals surface area contributed by atoms with Crippen LogP contribution in [0.15, 0.2) is 76.5 Å². The van der Waals surface area contributed by atoms with Crippen LogP contribution in [-0.4, -0.2) is 29.3 Å². The topological polar surface area (TPSA) is 91.7 Å². The molecule has 7 nitrogen and oxygen atoms in total. The molecular weight excluding hydrogens is 450 g/mol. The standard InChI is InChI=1S/C26H23N3O4S/c1-16-9-11-17(12-10-16)23(20-8-5-13-34-20)27-22(30)15-29-24(31)26(2,28-25(29)32)21-14-18-6-3-4-7-19(18)33-21/h3-14,23H,15H2,1-2H3,(H,27,30)(H,28,32)/t23-,26+/m0/s1. The average Bonchev–Trinajstić information content (AvgIpc) is 3.55. The number of amides is 4. The Morgan fingerprint density at radius 2 is 1.88 bits per heavy atom. The third kappa shape index (κ3) is 3.86. The Hall–Kier alpha value is -3.91. The first kappa shape index (κ1) is 21.9. The minimum Gasteiger partial charge on any atom is -0.458 e. The minimum absolute atomic E-state index is 0.325. The van der Waals surface area contributed by atoms with Crippen LogP contribution in [0.5, 0.6) is 0 Å². The summed E-state index contributed by atoms with van der Waals surface area (Å²) in [6.07, 6.45) is 0. The van der Waals surface area contributed by atoms with Crippen molar-refractivity contribution in [1.29, 1.82) is 0 Å². The van der Waals surface area contributed by atoms with Crippen molar-refractivity contribution in [2.45, 2.75) is 25.4 Å². The molecule has 0 spiro atoms. The quantitative estimate of drug-likeness (QED) is 0.404. The van der Waals surface area contributed by atoms with Gasteiger partial charge in [-0.05, 0) is 43.0 Å². The number of urea groups is 1. The minimum atomic E-state index is -1.39. The molecule has 1 aliphatic heterocycles. The molecule has 2 aromatic heterocycles. The first-order chi connectivity index (χ1) is 16.3. The van der Waals surface area contributed by atoms with Crippen LogP contribution >= 0.6 is 11.3 Å². The molecule has 5 rings (SSSR count). The maximum atomic E-state index is 13.3. The zero-order valence-corrected chi connectivity index (χ0v) is 19.5. The first-order valence-corrected chi connectivity index (χ1v) is 11.8. The van der Waals surface area contributed by atoms with Crippen molar-refractivity contribution in [3.63, 3.8) is 0 Å². The van der Waals surface area contributed by atoms with Crippen LogP contribution in [0.25, 0.3) is 11.0 Å². The van der Waals surface area contributed by atoms with E-state index in [2.05, 4.69) is 10.6 Å². The Kier molecular flexibility index (Phi) is 5.45. The van der Waals surface area contributed by atoms with Gasteiger partial charge in [-0.25, -0.2) is 4.79 Å². The highest BCUT2D eigenvalue weighted by Gasteiger charge is 2.51. The van der Waals surface area contributed by atoms with Crippen molar-refractivity contribution in [2.75, 3.05) is 6.54 Å². The number of nitrogens with zero attached hydrogens (tertiary/aromatic N) is 1. The van der Waals surface area contributed by atoms with E-state index >= 15 is 0 Å². The number of thiophene rings is 1. The second-order valence-corrected chi connectivity index (χ2v) is 9.50. The lowest BCUT2D eigenvalue weighted by atomic mass is 9.99. The molecule has 1 fully saturated rings. The molecule has 34 heavy (non-hydrogen) atoms. The van der Waals surface area contributed by atoms with Crippen molar-refractivity contribution < 1.29 is 18.8 Å². The van der Waals surface area contributed by atoms with Gasteiger partial charge in [-0.15, -0.1) is 11.3 Å². The molecule has 0 bridgehead atoms. The Labute approximate surface area is 200 Å². The van der Waals surface area contributed by atoms with Crippen molar-refractivity contribution >= 4 is 40.2 Å². The van der Waals surface area contributed by atoms with Crippen molar-refractivity contribution in [3.8, 4) is 0 Å². The molecule has 0 aliphatic carbocycles. The zero-order valence-electron chi connectivity index (χ0n) is 18.7. The van der Waals surface area contributed by atoms with E-state index in [0.717, 1.165) is 26.3 Å². The van der Waals surface area contributed by atoms with Gasteiger partial charge < -0.3 is 15.1 Å². The number of aryl methyl sites for hydroxylation is 1. The molecule has 0 saturated carbocycles. The number of furan rings is 1. The number of imide groups is 1. The predicted molar refractivity (Wildman–Crippen MR) is 129 cm³/mol. The fourth-order valence-corrected chi connectivity index (χ4v) is 4.92. The monoisotopic (exact) mass is 473 g/mol. The van der Waals surface area contributed by atoms with Crippen LogP contribution < -0.4 is 10.6 Å². The van der Waals surface area contributed by atoms with E-state index in [1.807, 2.05) is 66.9 Å². The highest BCUT2D eigenvalue weighted by atomic mass is 32.1. The Morgan fingerprint density at radius 3 is 2.59 bits per heavy atom. The van der Waals surface area contributed by atoms with Gasteiger partial charge in [0, 0.05) is 10.3 Å². The lowest BCUT2D eigenvalue weighted by Gasteiger charge is -2.21. The molecule has 3 heterocycles. The molecule has 2 aromatic carbocycles. The summed E-state index contributed by atoms with van der Waals surface area (Å²) in [5, 5.41) is 8.45. The first-order valence-electron chi connectivity index (χ1n) is 10.9. The van der Waals surface area contributed by atoms with E-state index in [1.165, 1.54) is 11.3 Å². The van der Waals surface area contributed by atoms with Gasteiger partial charge in [-0.2, -0.15) is 0 Å². The largest absolute Gasteiger partial charge is 0.458 e. The number of rotatable bonds is 6. The fourth-order valence-electron chi connectivity index (χ4n) is 4.12. The van der Waals surface area contributed by atoms with Crippen LogP contribution in [0.1, 0.15) is 34.7 Å². The number of carbonyl (C=O) groups is 3. The number of fused-ring (bicyclic) bond motifs is 1. The number of nitrogens with one attached hydrogen (secondary N) is 2. The molecule has 4 amide bonds. The SMILES string of the molecule is Cc1ccc([C@H](NC(=O)CN2C(=O)N[C@](C)(c3cc4ccccc4o3)C2=O)c2cccs2)cc1. The van der Waals surface area contributed by atoms with Crippen LogP contribution in [0.2, 0.25) is 0 Å². The van der Waals surface area contributed by atoms with Gasteiger partial charge in [-0.1, -0.05) is 54.1 Å². The van der Waals surface area contributed by atoms with Crippen LogP contribution in [-0.2, 0) is 15.1 Å². The van der Waals surface area contributed by atoms with Crippen molar-refractivity contribution in [2.24, 2.45) is 0 Å². The predicted octanol–water partition coefficient (Wildman–Crippen LogP) is 4.48. The zero-order chi connectivity index (χ0) is 23.9. The number of carbonyl (C=O) groups excluding carboxylic acids is 3. The Bertz CT molecular complexity index is 1340. The van der Waals surface area contributed by atoms with Crippen molar-refractivity contribution in [3.05, 3.63) is 93.9 Å². The van der Waals surface area contributed by atoms with Gasteiger partial charge in [0.15, 0.2) is 5.54 Å². The molecule has 172 valence electrons. The summed E-state index contributed by atoms with van der Waals surface area (Å²) in [6, 6.07) is 19.9. The molecule has 1 saturated heterocycles. The maximum absolute atomic E-state index is 13.3. The van der Waals surface area contributed by atoms with Gasteiger partial charge in [0.1, 0.15) is 17.9 Å². The summed E-state index contributed by atoms with van der Waals surface area (Å²) in [5.41, 5.74) is 1.27. The smallest absolute Gasteiger partial charge is 0.325 e. The molecule has 4 aromatic rings. The van der Waals surface area contributed by atoms with E-state index in [0.29, 0.717) is 11.3 Å². The number of para-hydroxylation sites is 1. The summed E-state index contributed by atoms with van der Waals surface area (Å²) in [7, 11) is 0. The normalized spacial score (nSPS) is 18.8. The third-order valence-corrected chi connectivity index (χ3v) is 6.98. The van der Waals surface area contributed by atoms with Crippen molar-refractivity contribution in [1.82, 2.24) is 15.5 Å². The van der Waals surface area contributed by atoms with E-state index in [1.54, 1.807) is 19.1 Å². The lowest BCUT2D eigenvalue weighted by molar-refractivity contribution is -0.135. The van der Waals surface area contributed by atoms with Gasteiger partial charge in [-0.3, -0.25) is 14.5 Å². The van der Waals surface area contributed by atoms with Gasteiger partial charge in [0.05, 0.1) is 6.04 Å². The highest BCUT2D eigenvalue weighted by molar-refractivity contribution is 7.10. The van der Waals surface area contributed by atoms with Gasteiger partial charge >= 0.3 is 6.03 Å². The molecular formula is C26H23N3O4S. The van der Waals surface area contributed by atoms with Gasteiger partial charge in [0.2, 0.25) is 5.91 Å². The number of benzene rings is 2. The second-order valence-electron chi connectivity index (χ2n) is 8.52. The summed E-state index contributed by atoms with van der Waals surface area (Å²) in [5.74, 6) is -0.642. The molecule has 8 heteroatoms. The van der Waals surface area contributed by atoms with E-state index in [4.69, 9.17) is 4.42 Å². The molecule has 2 atom stereocenters. The van der Waals surface area contributed by atoms with Crippen LogP contribution in [0, 0.1) is 6.92 Å². The second kappa shape index (κ2) is 8.46. The summed E-state index contributed by atoms with van der Waals surface area (Å²) >= 11 is 1.53. The summed E-state index contributed by atoms with van der Waals surface area (Å²) < 4.78 is 5.85. The summed E-state index contributed by atoms with van der Waals surface area (Å²) in [6.45, 7) is 3.19. The lowest BCUT2D eigenvalue weighted by Crippen LogP contribution is -2.43. The highest BCUT2D eigenvalue weighted by Crippen LogP contribution is 2.33. The van der Waals surface area contributed by atoms with E-state index in [9.17, 15) is 14.4 Å². The molecule has 1 aliphatic rings. The fraction of sp³-hybridized carbons (Fsp3) is 0.192. The van der Waals surface area contributed by atoms with E-state index in [-0.39, 0.29) is 6.04 Å². The Morgan fingerprint density at radius 1 is 1.12 bits per heavy atom. The Balaban J connectivity index is 1.36. The summed E-state index contributed by atoms with van der Waals surface area (Å²) in [4.78, 5) is 40.9. The molecule has 0 unspecified atom stereocenters. The number of hydrogen-bond donors (Lipinski definition) is 2.